The molecule has 11 aromatic rings. The van der Waals surface area contributed by atoms with Crippen LogP contribution in [0.15, 0.2) is 140 Å². The standard InChI is InChI=1S/C54H41BN2S2/c1-53(2,3)31-22-23-39-36(27-31)37-28-32(54(4,5)6)29-38-52(37)56(39)42-26-30-14-7-8-15-33(30)49-50-41(24-25-46-48(50)35-17-10-12-20-44(35)59-46)57(55(38)51(42)49)40-18-13-21-45-47(40)34-16-9-11-19-43(34)58-45/h7-29H,1-6H3. The van der Waals surface area contributed by atoms with Gasteiger partial charge in [0.2, 0.25) is 0 Å². The Morgan fingerprint density at radius 1 is 0.458 bits per heavy atom. The fourth-order valence-electron chi connectivity index (χ4n) is 10.7. The van der Waals surface area contributed by atoms with Gasteiger partial charge in [-0.3, -0.25) is 0 Å². The summed E-state index contributed by atoms with van der Waals surface area (Å²) in [5.41, 5.74) is 14.6. The third-order valence-corrected chi connectivity index (χ3v) is 15.7. The van der Waals surface area contributed by atoms with E-state index in [1.54, 1.807) is 0 Å². The van der Waals surface area contributed by atoms with E-state index in [0.29, 0.717) is 0 Å². The van der Waals surface area contributed by atoms with Crippen molar-refractivity contribution in [2.45, 2.75) is 52.4 Å². The van der Waals surface area contributed by atoms with E-state index < -0.39 is 0 Å². The average Bonchev–Trinajstić information content (AvgIpc) is 3.91. The number of benzene rings is 8. The zero-order chi connectivity index (χ0) is 39.7. The summed E-state index contributed by atoms with van der Waals surface area (Å²) in [5, 5.41) is 10.6. The molecule has 0 amide bonds. The van der Waals surface area contributed by atoms with Crippen LogP contribution in [0.3, 0.4) is 0 Å². The van der Waals surface area contributed by atoms with E-state index in [1.165, 1.54) is 123 Å². The van der Waals surface area contributed by atoms with Crippen LogP contribution in [0.5, 0.6) is 0 Å². The van der Waals surface area contributed by atoms with Gasteiger partial charge < -0.3 is 9.38 Å². The molecule has 0 saturated carbocycles. The fraction of sp³-hybridized carbons (Fsp3) is 0.148. The van der Waals surface area contributed by atoms with E-state index in [9.17, 15) is 0 Å². The van der Waals surface area contributed by atoms with Gasteiger partial charge in [-0.25, -0.2) is 0 Å². The summed E-state index contributed by atoms with van der Waals surface area (Å²) in [5.74, 6) is 0. The van der Waals surface area contributed by atoms with Crippen molar-refractivity contribution in [2.75, 3.05) is 4.81 Å². The van der Waals surface area contributed by atoms with Crippen molar-refractivity contribution < 1.29 is 0 Å². The van der Waals surface area contributed by atoms with Gasteiger partial charge in [-0.15, -0.1) is 22.7 Å². The van der Waals surface area contributed by atoms with E-state index >= 15 is 0 Å². The first-order chi connectivity index (χ1) is 28.5. The molecule has 8 aromatic carbocycles. The normalized spacial score (nSPS) is 13.9. The molecule has 3 aromatic heterocycles. The third-order valence-electron chi connectivity index (χ3n) is 13.4. The van der Waals surface area contributed by atoms with Crippen molar-refractivity contribution in [3.8, 4) is 16.8 Å². The minimum Gasteiger partial charge on any atom is -0.376 e. The smallest absolute Gasteiger partial charge is 0.333 e. The highest BCUT2D eigenvalue weighted by molar-refractivity contribution is 7.26. The van der Waals surface area contributed by atoms with Gasteiger partial charge in [0.25, 0.3) is 0 Å². The Labute approximate surface area is 352 Å². The van der Waals surface area contributed by atoms with Crippen molar-refractivity contribution in [1.29, 1.82) is 0 Å². The zero-order valence-electron chi connectivity index (χ0n) is 34.1. The minimum absolute atomic E-state index is 0.0229. The van der Waals surface area contributed by atoms with Gasteiger partial charge in [0.15, 0.2) is 0 Å². The second-order valence-corrected chi connectivity index (χ2v) is 21.1. The highest BCUT2D eigenvalue weighted by Crippen LogP contribution is 2.54. The number of aromatic nitrogens is 1. The van der Waals surface area contributed by atoms with Crippen LogP contribution in [0.25, 0.3) is 89.7 Å². The molecule has 0 spiro atoms. The van der Waals surface area contributed by atoms with Crippen molar-refractivity contribution in [1.82, 2.24) is 4.57 Å². The number of hydrogen-bond donors (Lipinski definition) is 0. The van der Waals surface area contributed by atoms with Gasteiger partial charge in [-0.05, 0) is 110 Å². The quantitative estimate of drug-likeness (QED) is 0.150. The molecule has 0 N–H and O–H groups in total. The molecule has 0 bridgehead atoms. The maximum absolute atomic E-state index is 2.77. The Morgan fingerprint density at radius 2 is 1.10 bits per heavy atom. The van der Waals surface area contributed by atoms with Gasteiger partial charge in [-0.2, -0.15) is 0 Å². The van der Waals surface area contributed by atoms with Gasteiger partial charge >= 0.3 is 6.85 Å². The topological polar surface area (TPSA) is 8.17 Å². The van der Waals surface area contributed by atoms with Crippen molar-refractivity contribution in [2.24, 2.45) is 0 Å². The summed E-state index contributed by atoms with van der Waals surface area (Å²) in [6, 6.07) is 54.0. The lowest BCUT2D eigenvalue weighted by Crippen LogP contribution is -2.61. The predicted molar refractivity (Wildman–Crippen MR) is 261 cm³/mol. The Hall–Kier alpha value is -5.88. The van der Waals surface area contributed by atoms with E-state index in [2.05, 4.69) is 190 Å². The molecule has 0 fully saturated rings. The molecule has 2 aliphatic rings. The number of nitrogens with zero attached hydrogens (tertiary/aromatic N) is 2. The summed E-state index contributed by atoms with van der Waals surface area (Å²) < 4.78 is 7.96. The molecule has 0 saturated heterocycles. The van der Waals surface area contributed by atoms with Crippen LogP contribution < -0.4 is 15.7 Å². The molecule has 5 heteroatoms. The Kier molecular flexibility index (Phi) is 6.60. The predicted octanol–water partition coefficient (Wildman–Crippen LogP) is 14.5. The number of anilines is 2. The van der Waals surface area contributed by atoms with Crippen LogP contribution in [-0.2, 0) is 10.8 Å². The molecule has 0 atom stereocenters. The Balaban J connectivity index is 1.29. The van der Waals surface area contributed by atoms with E-state index in [4.69, 9.17) is 0 Å². The molecule has 2 nitrogen and oxygen atoms in total. The largest absolute Gasteiger partial charge is 0.376 e. The minimum atomic E-state index is -0.0765. The fourth-order valence-corrected chi connectivity index (χ4v) is 12.9. The van der Waals surface area contributed by atoms with Gasteiger partial charge in [0.1, 0.15) is 0 Å². The molecule has 59 heavy (non-hydrogen) atoms. The average molecular weight is 793 g/mol. The first-order valence-electron chi connectivity index (χ1n) is 20.9. The van der Waals surface area contributed by atoms with Gasteiger partial charge in [-0.1, -0.05) is 120 Å². The summed E-state index contributed by atoms with van der Waals surface area (Å²) in [4.78, 5) is 2.77. The number of thiophene rings is 2. The molecule has 2 aliphatic heterocycles. The highest BCUT2D eigenvalue weighted by Gasteiger charge is 2.46. The maximum atomic E-state index is 2.77. The first kappa shape index (κ1) is 34.0. The van der Waals surface area contributed by atoms with Crippen LogP contribution in [0.4, 0.5) is 11.4 Å². The lowest BCUT2D eigenvalue weighted by Gasteiger charge is -2.43. The highest BCUT2D eigenvalue weighted by atomic mass is 32.1. The second kappa shape index (κ2) is 11.4. The monoisotopic (exact) mass is 792 g/mol. The van der Waals surface area contributed by atoms with Crippen LogP contribution in [-0.4, -0.2) is 11.4 Å². The molecule has 282 valence electrons. The third kappa shape index (κ3) is 4.47. The van der Waals surface area contributed by atoms with E-state index in [1.807, 2.05) is 22.7 Å². The lowest BCUT2D eigenvalue weighted by atomic mass is 9.43. The maximum Gasteiger partial charge on any atom is 0.333 e. The van der Waals surface area contributed by atoms with Crippen molar-refractivity contribution in [3.05, 3.63) is 151 Å². The molecule has 5 heterocycles. The summed E-state index contributed by atoms with van der Waals surface area (Å²) in [6.07, 6.45) is 0. The number of rotatable bonds is 1. The van der Waals surface area contributed by atoms with Crippen LogP contribution in [0.2, 0.25) is 0 Å². The molecule has 0 radical (unpaired) electrons. The van der Waals surface area contributed by atoms with Crippen molar-refractivity contribution >= 4 is 125 Å². The molecule has 0 aliphatic carbocycles. The SMILES string of the molecule is CC(C)(C)c1ccc2c(c1)c1cc(C(C)(C)C)cc3c1n2-c1cc2ccccc2c2c1B3N(c1cccc3sc4ccccc4c13)c1ccc3sc4ccccc4c3c1-2. The Morgan fingerprint density at radius 3 is 1.85 bits per heavy atom. The Bertz CT molecular complexity index is 3660. The van der Waals surface area contributed by atoms with Crippen LogP contribution in [0.1, 0.15) is 52.7 Å². The van der Waals surface area contributed by atoms with Crippen LogP contribution in [0, 0.1) is 0 Å². The van der Waals surface area contributed by atoms with Crippen LogP contribution >= 0.6 is 22.7 Å². The molecule has 0 unspecified atom stereocenters. The number of fused-ring (bicyclic) bond motifs is 16. The molecular weight excluding hydrogens is 752 g/mol. The zero-order valence-corrected chi connectivity index (χ0v) is 35.7. The summed E-state index contributed by atoms with van der Waals surface area (Å²) >= 11 is 3.82. The molecule has 13 rings (SSSR count). The van der Waals surface area contributed by atoms with Gasteiger partial charge in [0.05, 0.1) is 11.0 Å². The first-order valence-corrected chi connectivity index (χ1v) is 22.5. The summed E-state index contributed by atoms with van der Waals surface area (Å²) in [7, 11) is 0. The number of hydrogen-bond acceptors (Lipinski definition) is 3. The second-order valence-electron chi connectivity index (χ2n) is 18.9. The lowest BCUT2D eigenvalue weighted by molar-refractivity contribution is 0.590. The van der Waals surface area contributed by atoms with E-state index in [-0.39, 0.29) is 17.7 Å². The van der Waals surface area contributed by atoms with Crippen molar-refractivity contribution in [3.63, 3.8) is 0 Å². The summed E-state index contributed by atoms with van der Waals surface area (Å²) in [6.45, 7) is 14.1. The van der Waals surface area contributed by atoms with E-state index in [0.717, 1.165) is 0 Å². The molecular formula is C54H41BN2S2. The van der Waals surface area contributed by atoms with Gasteiger partial charge in [0, 0.05) is 73.7 Å².